The number of aliphatic hydroxyl groups is 2. The van der Waals surface area contributed by atoms with Crippen molar-refractivity contribution in [3.63, 3.8) is 0 Å². The maximum absolute atomic E-state index is 13.0. The maximum Gasteiger partial charge on any atom is 0.255 e. The summed E-state index contributed by atoms with van der Waals surface area (Å²) >= 11 is 0. The number of para-hydroxylation sites is 2. The molecule has 8 nitrogen and oxygen atoms in total. The molecule has 4 N–H and O–H groups in total. The molecule has 8 heteroatoms. The lowest BCUT2D eigenvalue weighted by Crippen LogP contribution is -2.38. The molecule has 0 saturated carbocycles. The number of carbonyl (C=O) groups excluding carboxylic acids is 2. The Labute approximate surface area is 249 Å². The smallest absolute Gasteiger partial charge is 0.255 e. The predicted molar refractivity (Wildman–Crippen MR) is 164 cm³/mol. The Bertz CT molecular complexity index is 1190. The van der Waals surface area contributed by atoms with Crippen LogP contribution in [0.1, 0.15) is 72.4 Å². The highest BCUT2D eigenvalue weighted by atomic mass is 16.5. The van der Waals surface area contributed by atoms with Gasteiger partial charge >= 0.3 is 0 Å². The first-order valence-corrected chi connectivity index (χ1v) is 14.6. The van der Waals surface area contributed by atoms with E-state index in [1.165, 1.54) is 0 Å². The second-order valence-corrected chi connectivity index (χ2v) is 11.3. The van der Waals surface area contributed by atoms with Gasteiger partial charge in [0.1, 0.15) is 24.7 Å². The monoisotopic (exact) mass is 576 g/mol. The average Bonchev–Trinajstić information content (AvgIpc) is 2.98. The van der Waals surface area contributed by atoms with Gasteiger partial charge in [0.2, 0.25) is 0 Å². The number of hydrogen-bond acceptors (Lipinski definition) is 6. The van der Waals surface area contributed by atoms with Crippen molar-refractivity contribution in [2.45, 2.75) is 65.8 Å². The minimum Gasteiger partial charge on any atom is -0.488 e. The van der Waals surface area contributed by atoms with Crippen LogP contribution in [0.4, 0.5) is 0 Å². The van der Waals surface area contributed by atoms with Crippen LogP contribution in [0, 0.1) is 11.8 Å². The van der Waals surface area contributed by atoms with Crippen molar-refractivity contribution in [3.05, 3.63) is 95.1 Å². The molecule has 0 aliphatic heterocycles. The molecular formula is C34H44N2O6. The van der Waals surface area contributed by atoms with Gasteiger partial charge in [0.15, 0.2) is 0 Å². The van der Waals surface area contributed by atoms with E-state index in [2.05, 4.69) is 10.6 Å². The molecule has 0 saturated heterocycles. The van der Waals surface area contributed by atoms with Gasteiger partial charge in [0.25, 0.3) is 11.8 Å². The standard InChI is InChI=1S/C34H44N2O6/c1-23(2)17-27(19-37)35-33(39)29-13-7-9-15-31(29)41-21-25-11-5-6-12-26(25)22-42-32-16-10-8-14-30(32)34(40)36-28(20-38)18-24(3)4/h5-16,23-24,27-28,37-38H,17-22H2,1-4H3,(H,35,39)(H,36,40)/t27-,28-/m0/s1. The zero-order valence-corrected chi connectivity index (χ0v) is 25.0. The van der Waals surface area contributed by atoms with E-state index in [-0.39, 0.29) is 50.3 Å². The summed E-state index contributed by atoms with van der Waals surface area (Å²) in [7, 11) is 0. The first-order valence-electron chi connectivity index (χ1n) is 14.6. The van der Waals surface area contributed by atoms with Crippen LogP contribution in [0.15, 0.2) is 72.8 Å². The molecule has 0 unspecified atom stereocenters. The molecule has 42 heavy (non-hydrogen) atoms. The quantitative estimate of drug-likeness (QED) is 0.188. The molecule has 0 heterocycles. The van der Waals surface area contributed by atoms with E-state index < -0.39 is 0 Å². The summed E-state index contributed by atoms with van der Waals surface area (Å²) in [5, 5.41) is 25.2. The number of hydrogen-bond donors (Lipinski definition) is 4. The summed E-state index contributed by atoms with van der Waals surface area (Å²) < 4.78 is 12.2. The van der Waals surface area contributed by atoms with Crippen molar-refractivity contribution in [2.75, 3.05) is 13.2 Å². The van der Waals surface area contributed by atoms with Gasteiger partial charge in [-0.3, -0.25) is 9.59 Å². The van der Waals surface area contributed by atoms with Crippen molar-refractivity contribution in [1.29, 1.82) is 0 Å². The molecule has 0 spiro atoms. The summed E-state index contributed by atoms with van der Waals surface area (Å²) in [6.45, 7) is 8.31. The Kier molecular flexibility index (Phi) is 12.8. The Balaban J connectivity index is 1.69. The zero-order chi connectivity index (χ0) is 30.5. The molecule has 3 aromatic rings. The van der Waals surface area contributed by atoms with Crippen molar-refractivity contribution in [3.8, 4) is 11.5 Å². The highest BCUT2D eigenvalue weighted by molar-refractivity contribution is 5.97. The van der Waals surface area contributed by atoms with E-state index in [9.17, 15) is 19.8 Å². The van der Waals surface area contributed by atoms with Crippen molar-refractivity contribution in [2.24, 2.45) is 11.8 Å². The molecule has 3 rings (SSSR count). The fourth-order valence-electron chi connectivity index (χ4n) is 4.73. The van der Waals surface area contributed by atoms with Gasteiger partial charge in [-0.2, -0.15) is 0 Å². The van der Waals surface area contributed by atoms with Crippen LogP contribution in [0.3, 0.4) is 0 Å². The molecule has 0 aromatic heterocycles. The lowest BCUT2D eigenvalue weighted by atomic mass is 10.0. The number of carbonyl (C=O) groups is 2. The third kappa shape index (κ3) is 9.89. The molecule has 0 radical (unpaired) electrons. The van der Waals surface area contributed by atoms with Crippen LogP contribution < -0.4 is 20.1 Å². The molecule has 3 aromatic carbocycles. The largest absolute Gasteiger partial charge is 0.488 e. The van der Waals surface area contributed by atoms with E-state index >= 15 is 0 Å². The Morgan fingerprint density at radius 1 is 0.619 bits per heavy atom. The molecule has 2 amide bonds. The summed E-state index contributed by atoms with van der Waals surface area (Å²) in [5.74, 6) is 0.942. The molecular weight excluding hydrogens is 532 g/mol. The third-order valence-corrected chi connectivity index (χ3v) is 6.77. The fourth-order valence-corrected chi connectivity index (χ4v) is 4.73. The van der Waals surface area contributed by atoms with Crippen LogP contribution in [0.25, 0.3) is 0 Å². The number of amides is 2. The average molecular weight is 577 g/mol. The number of ether oxygens (including phenoxy) is 2. The zero-order valence-electron chi connectivity index (χ0n) is 25.0. The first kappa shape index (κ1) is 32.6. The predicted octanol–water partition coefficient (Wildman–Crippen LogP) is 5.12. The molecule has 0 fully saturated rings. The third-order valence-electron chi connectivity index (χ3n) is 6.77. The minimum absolute atomic E-state index is 0.134. The van der Waals surface area contributed by atoms with Gasteiger partial charge in [-0.05, 0) is 60.1 Å². The highest BCUT2D eigenvalue weighted by Crippen LogP contribution is 2.24. The number of aliphatic hydroxyl groups excluding tert-OH is 2. The SMILES string of the molecule is CC(C)C[C@@H](CO)NC(=O)c1ccccc1OCc1ccccc1COc1ccccc1C(=O)N[C@H](CO)CC(C)C. The summed E-state index contributed by atoms with van der Waals surface area (Å²) in [6, 6.07) is 21.1. The fraction of sp³-hybridized carbons (Fsp3) is 0.412. The minimum atomic E-state index is -0.335. The number of nitrogens with one attached hydrogen (secondary N) is 2. The van der Waals surface area contributed by atoms with Crippen molar-refractivity contribution in [1.82, 2.24) is 10.6 Å². The van der Waals surface area contributed by atoms with Crippen molar-refractivity contribution < 1.29 is 29.3 Å². The van der Waals surface area contributed by atoms with E-state index in [0.29, 0.717) is 47.3 Å². The highest BCUT2D eigenvalue weighted by Gasteiger charge is 2.19. The topological polar surface area (TPSA) is 117 Å². The first-order chi connectivity index (χ1) is 20.2. The molecule has 0 aliphatic rings. The Morgan fingerprint density at radius 2 is 0.976 bits per heavy atom. The van der Waals surface area contributed by atoms with E-state index in [1.54, 1.807) is 36.4 Å². The van der Waals surface area contributed by atoms with Gasteiger partial charge in [-0.25, -0.2) is 0 Å². The van der Waals surface area contributed by atoms with Gasteiger partial charge in [-0.1, -0.05) is 76.2 Å². The summed E-state index contributed by atoms with van der Waals surface area (Å²) in [5.41, 5.74) is 2.54. The Hall–Kier alpha value is -3.88. The van der Waals surface area contributed by atoms with Gasteiger partial charge in [0, 0.05) is 0 Å². The van der Waals surface area contributed by atoms with E-state index in [4.69, 9.17) is 9.47 Å². The van der Waals surface area contributed by atoms with Crippen LogP contribution in [-0.4, -0.2) is 47.3 Å². The van der Waals surface area contributed by atoms with Gasteiger partial charge in [0.05, 0.1) is 36.4 Å². The normalized spacial score (nSPS) is 12.6. The summed E-state index contributed by atoms with van der Waals surface area (Å²) in [6.07, 6.45) is 1.34. The van der Waals surface area contributed by atoms with Crippen LogP contribution in [0.2, 0.25) is 0 Å². The van der Waals surface area contributed by atoms with Crippen LogP contribution >= 0.6 is 0 Å². The second kappa shape index (κ2) is 16.5. The second-order valence-electron chi connectivity index (χ2n) is 11.3. The molecule has 2 atom stereocenters. The van der Waals surface area contributed by atoms with Crippen molar-refractivity contribution >= 4 is 11.8 Å². The maximum atomic E-state index is 13.0. The molecule has 0 aliphatic carbocycles. The molecule has 0 bridgehead atoms. The van der Waals surface area contributed by atoms with E-state index in [1.807, 2.05) is 64.1 Å². The van der Waals surface area contributed by atoms with Crippen LogP contribution in [-0.2, 0) is 13.2 Å². The summed E-state index contributed by atoms with van der Waals surface area (Å²) in [4.78, 5) is 26.0. The van der Waals surface area contributed by atoms with E-state index in [0.717, 1.165) is 11.1 Å². The lowest BCUT2D eigenvalue weighted by Gasteiger charge is -2.20. The lowest BCUT2D eigenvalue weighted by molar-refractivity contribution is 0.0895. The van der Waals surface area contributed by atoms with Crippen LogP contribution in [0.5, 0.6) is 11.5 Å². The Morgan fingerprint density at radius 3 is 1.33 bits per heavy atom. The van der Waals surface area contributed by atoms with Gasteiger partial charge < -0.3 is 30.3 Å². The number of benzene rings is 3. The number of rotatable bonds is 16. The van der Waals surface area contributed by atoms with Gasteiger partial charge in [-0.15, -0.1) is 0 Å². The molecule has 226 valence electrons.